The number of nitrogens with one attached hydrogen (secondary N) is 1. The van der Waals surface area contributed by atoms with Crippen LogP contribution in [0.5, 0.6) is 0 Å². The van der Waals surface area contributed by atoms with Crippen molar-refractivity contribution < 1.29 is 5.11 Å². The third-order valence-electron chi connectivity index (χ3n) is 1.80. The molecular weight excluding hydrogens is 174 g/mol. The zero-order valence-corrected chi connectivity index (χ0v) is 8.27. The lowest BCUT2D eigenvalue weighted by Gasteiger charge is -2.17. The zero-order valence-electron chi connectivity index (χ0n) is 7.46. The Labute approximate surface area is 76.2 Å². The molecule has 0 bridgehead atoms. The minimum absolute atomic E-state index is 0.0509. The van der Waals surface area contributed by atoms with Crippen molar-refractivity contribution in [3.63, 3.8) is 0 Å². The van der Waals surface area contributed by atoms with E-state index in [0.29, 0.717) is 4.77 Å². The van der Waals surface area contributed by atoms with Crippen molar-refractivity contribution in [2.24, 2.45) is 7.05 Å². The van der Waals surface area contributed by atoms with Gasteiger partial charge in [0, 0.05) is 12.5 Å². The number of aliphatic hydroxyl groups excluding tert-OH is 1. The molecule has 0 saturated carbocycles. The molecule has 12 heavy (non-hydrogen) atoms. The number of hydrogen-bond donors (Lipinski definition) is 2. The van der Waals surface area contributed by atoms with E-state index >= 15 is 0 Å². The molecule has 0 unspecified atom stereocenters. The second kappa shape index (κ2) is 2.99. The first-order valence-corrected chi connectivity index (χ1v) is 4.12. The fourth-order valence-electron chi connectivity index (χ4n) is 0.780. The highest BCUT2D eigenvalue weighted by molar-refractivity contribution is 7.71. The number of aryl methyl sites for hydroxylation is 1. The third-order valence-corrected chi connectivity index (χ3v) is 2.17. The standard InChI is InChI=1S/C7H13N3OS/c1-7(2,4-11)5-8-6(12)10(3)9-5/h11H,4H2,1-3H3,(H,8,9,12). The Kier molecular flexibility index (Phi) is 2.34. The van der Waals surface area contributed by atoms with E-state index in [4.69, 9.17) is 17.3 Å². The van der Waals surface area contributed by atoms with Gasteiger partial charge in [-0.1, -0.05) is 13.8 Å². The van der Waals surface area contributed by atoms with Crippen LogP contribution in [0.2, 0.25) is 0 Å². The van der Waals surface area contributed by atoms with Crippen LogP contribution >= 0.6 is 12.2 Å². The predicted molar refractivity (Wildman–Crippen MR) is 48.5 cm³/mol. The lowest BCUT2D eigenvalue weighted by molar-refractivity contribution is 0.211. The van der Waals surface area contributed by atoms with E-state index < -0.39 is 0 Å². The van der Waals surface area contributed by atoms with Gasteiger partial charge in [-0.3, -0.25) is 9.78 Å². The molecule has 1 heterocycles. The summed E-state index contributed by atoms with van der Waals surface area (Å²) in [7, 11) is 1.80. The van der Waals surface area contributed by atoms with Crippen LogP contribution in [0, 0.1) is 4.77 Å². The Hall–Kier alpha value is -0.680. The van der Waals surface area contributed by atoms with Gasteiger partial charge in [0.05, 0.1) is 6.61 Å². The summed E-state index contributed by atoms with van der Waals surface area (Å²) >= 11 is 4.93. The molecular formula is C7H13N3OS. The molecule has 0 radical (unpaired) electrons. The molecule has 2 N–H and O–H groups in total. The maximum absolute atomic E-state index is 9.04. The van der Waals surface area contributed by atoms with Gasteiger partial charge in [-0.05, 0) is 12.2 Å². The van der Waals surface area contributed by atoms with Gasteiger partial charge in [-0.25, -0.2) is 4.98 Å². The molecule has 0 fully saturated rings. The van der Waals surface area contributed by atoms with Gasteiger partial charge in [0.15, 0.2) is 0 Å². The smallest absolute Gasteiger partial charge is 0.215 e. The van der Waals surface area contributed by atoms with Crippen LogP contribution < -0.4 is 0 Å². The predicted octanol–water partition coefficient (Wildman–Crippen LogP) is 0.748. The quantitative estimate of drug-likeness (QED) is 0.672. The first-order valence-electron chi connectivity index (χ1n) is 3.72. The molecule has 1 rings (SSSR count). The van der Waals surface area contributed by atoms with Gasteiger partial charge in [0.25, 0.3) is 0 Å². The summed E-state index contributed by atoms with van der Waals surface area (Å²) in [6, 6.07) is 0. The van der Waals surface area contributed by atoms with Gasteiger partial charge >= 0.3 is 0 Å². The maximum Gasteiger partial charge on any atom is 0.215 e. The average Bonchev–Trinajstić information content (AvgIpc) is 2.33. The van der Waals surface area contributed by atoms with E-state index in [1.54, 1.807) is 11.7 Å². The summed E-state index contributed by atoms with van der Waals surface area (Å²) in [4.78, 5) is 4.11. The van der Waals surface area contributed by atoms with E-state index in [9.17, 15) is 0 Å². The van der Waals surface area contributed by atoms with Crippen LogP contribution in [0.3, 0.4) is 0 Å². The van der Waals surface area contributed by atoms with Crippen LogP contribution in [-0.4, -0.2) is 26.5 Å². The van der Waals surface area contributed by atoms with Crippen LogP contribution in [0.15, 0.2) is 0 Å². The van der Waals surface area contributed by atoms with Crippen LogP contribution in [0.4, 0.5) is 0 Å². The molecule has 68 valence electrons. The van der Waals surface area contributed by atoms with Crippen molar-refractivity contribution in [3.05, 3.63) is 10.6 Å². The maximum atomic E-state index is 9.04. The summed E-state index contributed by atoms with van der Waals surface area (Å²) < 4.78 is 2.16. The van der Waals surface area contributed by atoms with E-state index in [-0.39, 0.29) is 12.0 Å². The number of aromatic amines is 1. The third kappa shape index (κ3) is 1.56. The Bertz CT molecular complexity index is 326. The lowest BCUT2D eigenvalue weighted by Crippen LogP contribution is -2.24. The van der Waals surface area contributed by atoms with Crippen molar-refractivity contribution in [1.82, 2.24) is 14.8 Å². The Balaban J connectivity index is 3.12. The Morgan fingerprint density at radius 1 is 1.67 bits per heavy atom. The number of hydrogen-bond acceptors (Lipinski definition) is 3. The molecule has 0 aliphatic rings. The SMILES string of the molecule is Cn1[nH]c(C(C)(C)CO)nc1=S. The first-order chi connectivity index (χ1) is 5.47. The monoisotopic (exact) mass is 187 g/mol. The number of aromatic nitrogens is 3. The van der Waals surface area contributed by atoms with Gasteiger partial charge in [0.2, 0.25) is 4.77 Å². The lowest BCUT2D eigenvalue weighted by atomic mass is 9.94. The fourth-order valence-corrected chi connectivity index (χ4v) is 0.917. The van der Waals surface area contributed by atoms with Crippen molar-refractivity contribution in [2.45, 2.75) is 19.3 Å². The largest absolute Gasteiger partial charge is 0.395 e. The van der Waals surface area contributed by atoms with Gasteiger partial charge in [-0.15, -0.1) is 0 Å². The average molecular weight is 187 g/mol. The first kappa shape index (κ1) is 9.41. The van der Waals surface area contributed by atoms with E-state index in [1.807, 2.05) is 13.8 Å². The Morgan fingerprint density at radius 2 is 2.25 bits per heavy atom. The molecule has 0 aromatic carbocycles. The van der Waals surface area contributed by atoms with Crippen molar-refractivity contribution in [1.29, 1.82) is 0 Å². The van der Waals surface area contributed by atoms with Crippen molar-refractivity contribution in [3.8, 4) is 0 Å². The zero-order chi connectivity index (χ0) is 9.35. The fraction of sp³-hybridized carbons (Fsp3) is 0.714. The highest BCUT2D eigenvalue weighted by Crippen LogP contribution is 2.17. The summed E-state index contributed by atoms with van der Waals surface area (Å²) in [6.45, 7) is 3.86. The van der Waals surface area contributed by atoms with Crippen molar-refractivity contribution in [2.75, 3.05) is 6.61 Å². The molecule has 0 atom stereocenters. The van der Waals surface area contributed by atoms with E-state index in [0.717, 1.165) is 5.82 Å². The van der Waals surface area contributed by atoms with Crippen LogP contribution in [0.25, 0.3) is 0 Å². The van der Waals surface area contributed by atoms with Crippen LogP contribution in [-0.2, 0) is 12.5 Å². The minimum Gasteiger partial charge on any atom is -0.395 e. The number of H-pyrrole nitrogens is 1. The normalized spacial score (nSPS) is 12.0. The summed E-state index contributed by atoms with van der Waals surface area (Å²) in [5.74, 6) is 0.720. The molecule has 0 spiro atoms. The second-order valence-electron chi connectivity index (χ2n) is 3.46. The highest BCUT2D eigenvalue weighted by Gasteiger charge is 2.23. The van der Waals surface area contributed by atoms with E-state index in [1.165, 1.54) is 0 Å². The van der Waals surface area contributed by atoms with Gasteiger partial charge < -0.3 is 5.11 Å². The topological polar surface area (TPSA) is 53.8 Å². The molecule has 0 aliphatic carbocycles. The molecule has 0 amide bonds. The summed E-state index contributed by atoms with van der Waals surface area (Å²) in [5, 5.41) is 12.0. The van der Waals surface area contributed by atoms with E-state index in [2.05, 4.69) is 10.1 Å². The van der Waals surface area contributed by atoms with Crippen molar-refractivity contribution >= 4 is 12.2 Å². The van der Waals surface area contributed by atoms with Gasteiger partial charge in [-0.2, -0.15) is 0 Å². The highest BCUT2D eigenvalue weighted by atomic mass is 32.1. The molecule has 5 heteroatoms. The Morgan fingerprint density at radius 3 is 2.58 bits per heavy atom. The molecule has 0 saturated heterocycles. The molecule has 1 aromatic heterocycles. The summed E-state index contributed by atoms with van der Waals surface area (Å²) in [5.41, 5.74) is -0.352. The summed E-state index contributed by atoms with van der Waals surface area (Å²) in [6.07, 6.45) is 0. The molecule has 4 nitrogen and oxygen atoms in total. The molecule has 0 aliphatic heterocycles. The molecule has 1 aromatic rings. The number of nitrogens with zero attached hydrogens (tertiary/aromatic N) is 2. The number of rotatable bonds is 2. The number of aliphatic hydroxyl groups is 1. The minimum atomic E-state index is -0.352. The van der Waals surface area contributed by atoms with Gasteiger partial charge in [0.1, 0.15) is 5.82 Å². The second-order valence-corrected chi connectivity index (χ2v) is 3.82. The van der Waals surface area contributed by atoms with Crippen LogP contribution in [0.1, 0.15) is 19.7 Å².